The molecule has 0 bridgehead atoms. The Morgan fingerprint density at radius 1 is 0.947 bits per heavy atom. The topological polar surface area (TPSA) is 12.0 Å². The van der Waals surface area contributed by atoms with Crippen molar-refractivity contribution in [3.05, 3.63) is 65.7 Å². The Morgan fingerprint density at radius 2 is 1.74 bits per heavy atom. The van der Waals surface area contributed by atoms with Crippen molar-refractivity contribution in [1.29, 1.82) is 0 Å². The van der Waals surface area contributed by atoms with Crippen LogP contribution in [0.5, 0.6) is 0 Å². The van der Waals surface area contributed by atoms with E-state index in [0.717, 1.165) is 12.8 Å². The molecule has 1 heteroatoms. The smallest absolute Gasteiger partial charge is 0.0513 e. The van der Waals surface area contributed by atoms with Crippen LogP contribution in [0.1, 0.15) is 43.9 Å². The number of nitrogens with one attached hydrogen (secondary N) is 1. The molecule has 0 heterocycles. The second-order valence-corrected chi connectivity index (χ2v) is 4.95. The van der Waals surface area contributed by atoms with Crippen LogP contribution in [0, 0.1) is 0 Å². The molecule has 1 nitrogen and oxygen atoms in total. The summed E-state index contributed by atoms with van der Waals surface area (Å²) >= 11 is 0. The van der Waals surface area contributed by atoms with Crippen LogP contribution in [0.3, 0.4) is 0 Å². The second kappa shape index (κ2) is 6.98. The minimum absolute atomic E-state index is 0.401. The van der Waals surface area contributed by atoms with Gasteiger partial charge in [0, 0.05) is 5.69 Å². The number of anilines is 1. The van der Waals surface area contributed by atoms with Gasteiger partial charge in [0.05, 0.1) is 6.04 Å². The van der Waals surface area contributed by atoms with Gasteiger partial charge in [-0.3, -0.25) is 0 Å². The highest BCUT2D eigenvalue weighted by atomic mass is 14.9. The van der Waals surface area contributed by atoms with Crippen LogP contribution in [0.2, 0.25) is 0 Å². The minimum Gasteiger partial charge on any atom is -0.378 e. The van der Waals surface area contributed by atoms with Crippen LogP contribution in [0.4, 0.5) is 5.69 Å². The Hall–Kier alpha value is -1.76. The molecular formula is C18H23N. The first kappa shape index (κ1) is 13.7. The van der Waals surface area contributed by atoms with E-state index in [0.29, 0.717) is 6.04 Å². The maximum Gasteiger partial charge on any atom is 0.0513 e. The maximum atomic E-state index is 3.67. The van der Waals surface area contributed by atoms with Crippen LogP contribution in [-0.2, 0) is 6.42 Å². The predicted molar refractivity (Wildman–Crippen MR) is 83.5 cm³/mol. The molecule has 0 amide bonds. The standard InChI is InChI=1S/C18H23N/c1-3-9-18(16-11-6-5-7-12-16)19-17-13-8-10-15(4-2)14-17/h5-8,10-14,18-19H,3-4,9H2,1-2H3. The number of aryl methyl sites for hydroxylation is 1. The summed E-state index contributed by atoms with van der Waals surface area (Å²) < 4.78 is 0. The molecule has 0 spiro atoms. The lowest BCUT2D eigenvalue weighted by Gasteiger charge is -2.20. The fourth-order valence-corrected chi connectivity index (χ4v) is 2.38. The van der Waals surface area contributed by atoms with Gasteiger partial charge in [0.2, 0.25) is 0 Å². The van der Waals surface area contributed by atoms with E-state index in [-0.39, 0.29) is 0 Å². The Balaban J connectivity index is 2.16. The molecular weight excluding hydrogens is 230 g/mol. The van der Waals surface area contributed by atoms with Gasteiger partial charge in [0.15, 0.2) is 0 Å². The lowest BCUT2D eigenvalue weighted by molar-refractivity contribution is 0.677. The molecule has 19 heavy (non-hydrogen) atoms. The van der Waals surface area contributed by atoms with Gasteiger partial charge in [0.25, 0.3) is 0 Å². The molecule has 1 unspecified atom stereocenters. The summed E-state index contributed by atoms with van der Waals surface area (Å²) in [4.78, 5) is 0. The quantitative estimate of drug-likeness (QED) is 0.746. The molecule has 0 aliphatic carbocycles. The third-order valence-corrected chi connectivity index (χ3v) is 3.46. The number of hydrogen-bond donors (Lipinski definition) is 1. The monoisotopic (exact) mass is 253 g/mol. The molecule has 0 aliphatic heterocycles. The summed E-state index contributed by atoms with van der Waals surface area (Å²) in [5.74, 6) is 0. The number of rotatable bonds is 6. The summed E-state index contributed by atoms with van der Waals surface area (Å²) in [5, 5.41) is 3.67. The third-order valence-electron chi connectivity index (χ3n) is 3.46. The van der Waals surface area contributed by atoms with E-state index in [1.165, 1.54) is 23.2 Å². The van der Waals surface area contributed by atoms with Crippen LogP contribution in [0.15, 0.2) is 54.6 Å². The van der Waals surface area contributed by atoms with Crippen molar-refractivity contribution < 1.29 is 0 Å². The Labute approximate surface area is 116 Å². The molecule has 0 saturated carbocycles. The average molecular weight is 253 g/mol. The van der Waals surface area contributed by atoms with E-state index in [2.05, 4.69) is 73.8 Å². The predicted octanol–water partition coefficient (Wildman–Crippen LogP) is 5.20. The van der Waals surface area contributed by atoms with Crippen molar-refractivity contribution in [3.63, 3.8) is 0 Å². The first-order chi connectivity index (χ1) is 9.33. The van der Waals surface area contributed by atoms with Crippen LogP contribution in [-0.4, -0.2) is 0 Å². The van der Waals surface area contributed by atoms with Crippen LogP contribution >= 0.6 is 0 Å². The molecule has 0 fully saturated rings. The van der Waals surface area contributed by atoms with Gasteiger partial charge < -0.3 is 5.32 Å². The summed E-state index contributed by atoms with van der Waals surface area (Å²) in [6.45, 7) is 4.43. The van der Waals surface area contributed by atoms with Gasteiger partial charge in [-0.2, -0.15) is 0 Å². The molecule has 0 aliphatic rings. The molecule has 2 rings (SSSR count). The summed E-state index contributed by atoms with van der Waals surface area (Å²) in [6.07, 6.45) is 3.42. The largest absolute Gasteiger partial charge is 0.378 e. The van der Waals surface area contributed by atoms with Crippen LogP contribution < -0.4 is 5.32 Å². The van der Waals surface area contributed by atoms with E-state index in [9.17, 15) is 0 Å². The van der Waals surface area contributed by atoms with Gasteiger partial charge in [-0.25, -0.2) is 0 Å². The molecule has 2 aromatic carbocycles. The second-order valence-electron chi connectivity index (χ2n) is 4.95. The first-order valence-electron chi connectivity index (χ1n) is 7.24. The summed E-state index contributed by atoms with van der Waals surface area (Å²) in [7, 11) is 0. The van der Waals surface area contributed by atoms with Gasteiger partial charge in [0.1, 0.15) is 0 Å². The van der Waals surface area contributed by atoms with E-state index in [4.69, 9.17) is 0 Å². The Bertz CT molecular complexity index is 490. The van der Waals surface area contributed by atoms with Crippen molar-refractivity contribution in [1.82, 2.24) is 0 Å². The molecule has 1 atom stereocenters. The first-order valence-corrected chi connectivity index (χ1v) is 7.24. The van der Waals surface area contributed by atoms with Crippen LogP contribution in [0.25, 0.3) is 0 Å². The van der Waals surface area contributed by atoms with E-state index in [1.807, 2.05) is 0 Å². The van der Waals surface area contributed by atoms with Gasteiger partial charge in [-0.1, -0.05) is 62.7 Å². The lowest BCUT2D eigenvalue weighted by atomic mass is 10.0. The Kier molecular flexibility index (Phi) is 5.02. The highest BCUT2D eigenvalue weighted by Gasteiger charge is 2.09. The average Bonchev–Trinajstić information content (AvgIpc) is 2.48. The third kappa shape index (κ3) is 3.85. The lowest BCUT2D eigenvalue weighted by Crippen LogP contribution is -2.10. The molecule has 0 aromatic heterocycles. The van der Waals surface area contributed by atoms with Crippen molar-refractivity contribution in [2.24, 2.45) is 0 Å². The van der Waals surface area contributed by atoms with Gasteiger partial charge in [-0.05, 0) is 36.1 Å². The van der Waals surface area contributed by atoms with E-state index in [1.54, 1.807) is 0 Å². The molecule has 1 N–H and O–H groups in total. The molecule has 100 valence electrons. The van der Waals surface area contributed by atoms with Crippen molar-refractivity contribution >= 4 is 5.69 Å². The summed E-state index contributed by atoms with van der Waals surface area (Å²) in [5.41, 5.74) is 3.97. The SMILES string of the molecule is CCCC(Nc1cccc(CC)c1)c1ccccc1. The van der Waals surface area contributed by atoms with Crippen molar-refractivity contribution in [2.75, 3.05) is 5.32 Å². The zero-order valence-corrected chi connectivity index (χ0v) is 11.9. The zero-order chi connectivity index (χ0) is 13.5. The highest BCUT2D eigenvalue weighted by molar-refractivity contribution is 5.47. The zero-order valence-electron chi connectivity index (χ0n) is 11.9. The minimum atomic E-state index is 0.401. The van der Waals surface area contributed by atoms with Gasteiger partial charge in [-0.15, -0.1) is 0 Å². The molecule has 0 radical (unpaired) electrons. The van der Waals surface area contributed by atoms with Crippen molar-refractivity contribution in [2.45, 2.75) is 39.2 Å². The van der Waals surface area contributed by atoms with Crippen molar-refractivity contribution in [3.8, 4) is 0 Å². The normalized spacial score (nSPS) is 12.1. The molecule has 2 aromatic rings. The summed E-state index contributed by atoms with van der Waals surface area (Å²) in [6, 6.07) is 19.8. The fourth-order valence-electron chi connectivity index (χ4n) is 2.38. The Morgan fingerprint density at radius 3 is 2.42 bits per heavy atom. The highest BCUT2D eigenvalue weighted by Crippen LogP contribution is 2.24. The molecule has 0 saturated heterocycles. The number of hydrogen-bond acceptors (Lipinski definition) is 1. The number of benzene rings is 2. The van der Waals surface area contributed by atoms with E-state index >= 15 is 0 Å². The van der Waals surface area contributed by atoms with Gasteiger partial charge >= 0.3 is 0 Å². The van der Waals surface area contributed by atoms with E-state index < -0.39 is 0 Å². The fraction of sp³-hybridized carbons (Fsp3) is 0.333. The maximum absolute atomic E-state index is 3.67.